The zero-order valence-electron chi connectivity index (χ0n) is 17.3. The van der Waals surface area contributed by atoms with Gasteiger partial charge in [0.25, 0.3) is 0 Å². The fourth-order valence-electron chi connectivity index (χ4n) is 3.07. The van der Waals surface area contributed by atoms with Crippen molar-refractivity contribution >= 4 is 29.2 Å². The molecule has 4 nitrogen and oxygen atoms in total. The fraction of sp³-hybridized carbons (Fsp3) is 0.192. The van der Waals surface area contributed by atoms with Crippen molar-refractivity contribution in [3.63, 3.8) is 0 Å². The summed E-state index contributed by atoms with van der Waals surface area (Å²) < 4.78 is 0. The molecule has 0 aliphatic heterocycles. The molecule has 0 unspecified atom stereocenters. The van der Waals surface area contributed by atoms with Gasteiger partial charge in [-0.25, -0.2) is 4.79 Å². The molecule has 156 valence electrons. The first-order chi connectivity index (χ1) is 15.1. The lowest BCUT2D eigenvalue weighted by Crippen LogP contribution is -2.17. The van der Waals surface area contributed by atoms with Gasteiger partial charge in [-0.2, -0.15) is 0 Å². The lowest BCUT2D eigenvalue weighted by molar-refractivity contribution is 0.0514. The van der Waals surface area contributed by atoms with E-state index >= 15 is 0 Å². The van der Waals surface area contributed by atoms with Crippen LogP contribution in [-0.4, -0.2) is 17.5 Å². The molecule has 0 amide bonds. The van der Waals surface area contributed by atoms with Gasteiger partial charge in [0.15, 0.2) is 0 Å². The highest BCUT2D eigenvalue weighted by atomic mass is 32.2. The van der Waals surface area contributed by atoms with E-state index in [0.717, 1.165) is 28.2 Å². The zero-order valence-corrected chi connectivity index (χ0v) is 18.1. The van der Waals surface area contributed by atoms with Gasteiger partial charge in [0.1, 0.15) is 5.71 Å². The summed E-state index contributed by atoms with van der Waals surface area (Å²) >= 11 is 1.64. The van der Waals surface area contributed by atoms with Crippen LogP contribution in [-0.2, 0) is 4.84 Å². The Kier molecular flexibility index (Phi) is 6.63. The van der Waals surface area contributed by atoms with Crippen molar-refractivity contribution in [1.29, 1.82) is 0 Å². The molecule has 4 rings (SSSR count). The summed E-state index contributed by atoms with van der Waals surface area (Å²) in [7, 11) is 0. The van der Waals surface area contributed by atoms with Crippen LogP contribution in [0.2, 0.25) is 0 Å². The molecule has 0 bridgehead atoms. The van der Waals surface area contributed by atoms with Gasteiger partial charge in [-0.05, 0) is 80.6 Å². The molecule has 1 aliphatic rings. The smallest absolute Gasteiger partial charge is 0.312 e. The van der Waals surface area contributed by atoms with Crippen LogP contribution in [0, 0.1) is 12.8 Å². The summed E-state index contributed by atoms with van der Waals surface area (Å²) in [4.78, 5) is 32.7. The number of nitrogens with zero attached hydrogens (tertiary/aromatic N) is 1. The summed E-state index contributed by atoms with van der Waals surface area (Å²) in [5.41, 5.74) is 2.31. The van der Waals surface area contributed by atoms with Gasteiger partial charge in [0.2, 0.25) is 5.78 Å². The minimum absolute atomic E-state index is 0.195. The molecule has 0 atom stereocenters. The minimum Gasteiger partial charge on any atom is -0.312 e. The second-order valence-electron chi connectivity index (χ2n) is 7.70. The SMILES string of the molecule is Cc1ccc(C(=O)ON=C(CC2CC2)C(=O)c2ccc(Sc3ccccc3)cc2)cc1. The highest BCUT2D eigenvalue weighted by molar-refractivity contribution is 7.99. The number of hydrogen-bond acceptors (Lipinski definition) is 5. The Morgan fingerprint density at radius 3 is 2.13 bits per heavy atom. The van der Waals surface area contributed by atoms with Crippen molar-refractivity contribution in [2.45, 2.75) is 36.0 Å². The number of oxime groups is 1. The Labute approximate surface area is 186 Å². The molecule has 0 aromatic heterocycles. The number of carbonyl (C=O) groups is 2. The van der Waals surface area contributed by atoms with Crippen molar-refractivity contribution < 1.29 is 14.4 Å². The van der Waals surface area contributed by atoms with E-state index in [9.17, 15) is 9.59 Å². The van der Waals surface area contributed by atoms with Gasteiger partial charge in [-0.3, -0.25) is 4.79 Å². The Balaban J connectivity index is 1.46. The highest BCUT2D eigenvalue weighted by Crippen LogP contribution is 2.33. The maximum absolute atomic E-state index is 13.0. The average molecular weight is 430 g/mol. The standard InChI is InChI=1S/C26H23NO3S/c1-18-7-11-21(12-8-18)26(29)30-27-24(17-19-9-10-19)25(28)20-13-15-23(16-14-20)31-22-5-3-2-4-6-22/h2-8,11-16,19H,9-10,17H2,1H3. The maximum atomic E-state index is 13.0. The van der Waals surface area contributed by atoms with Crippen LogP contribution in [0.3, 0.4) is 0 Å². The molecule has 3 aromatic carbocycles. The Morgan fingerprint density at radius 2 is 1.48 bits per heavy atom. The van der Waals surface area contributed by atoms with Gasteiger partial charge in [0.05, 0.1) is 5.56 Å². The van der Waals surface area contributed by atoms with Crippen LogP contribution < -0.4 is 0 Å². The topological polar surface area (TPSA) is 55.7 Å². The van der Waals surface area contributed by atoms with E-state index in [2.05, 4.69) is 5.16 Å². The van der Waals surface area contributed by atoms with Crippen molar-refractivity contribution in [3.05, 3.63) is 95.6 Å². The fourth-order valence-corrected chi connectivity index (χ4v) is 3.91. The molecule has 31 heavy (non-hydrogen) atoms. The van der Waals surface area contributed by atoms with Crippen LogP contribution in [0.5, 0.6) is 0 Å². The van der Waals surface area contributed by atoms with Crippen molar-refractivity contribution in [2.75, 3.05) is 0 Å². The Hall–Kier alpha value is -3.18. The number of benzene rings is 3. The van der Waals surface area contributed by atoms with Gasteiger partial charge in [-0.15, -0.1) is 0 Å². The largest absolute Gasteiger partial charge is 0.365 e. The molecule has 0 saturated heterocycles. The number of carbonyl (C=O) groups excluding carboxylic acids is 2. The molecule has 0 heterocycles. The van der Waals surface area contributed by atoms with Gasteiger partial charge in [-0.1, -0.05) is 52.8 Å². The third-order valence-electron chi connectivity index (χ3n) is 5.06. The average Bonchev–Trinajstić information content (AvgIpc) is 3.62. The van der Waals surface area contributed by atoms with Crippen LogP contribution in [0.4, 0.5) is 0 Å². The van der Waals surface area contributed by atoms with Gasteiger partial charge >= 0.3 is 5.97 Å². The lowest BCUT2D eigenvalue weighted by Gasteiger charge is -2.07. The van der Waals surface area contributed by atoms with Crippen LogP contribution in [0.1, 0.15) is 45.5 Å². The number of Topliss-reactive ketones (excluding diaryl/α,β-unsaturated/α-hetero) is 1. The monoisotopic (exact) mass is 429 g/mol. The first kappa shape index (κ1) is 21.1. The number of aryl methyl sites for hydroxylation is 1. The lowest BCUT2D eigenvalue weighted by atomic mass is 10.0. The predicted octanol–water partition coefficient (Wildman–Crippen LogP) is 6.34. The summed E-state index contributed by atoms with van der Waals surface area (Å²) in [5.74, 6) is -0.316. The summed E-state index contributed by atoms with van der Waals surface area (Å²) in [6, 6.07) is 24.6. The molecule has 0 spiro atoms. The van der Waals surface area contributed by atoms with E-state index in [1.165, 1.54) is 0 Å². The first-order valence-electron chi connectivity index (χ1n) is 10.3. The second-order valence-corrected chi connectivity index (χ2v) is 8.85. The summed E-state index contributed by atoms with van der Waals surface area (Å²) in [5, 5.41) is 3.98. The van der Waals surface area contributed by atoms with E-state index in [1.54, 1.807) is 36.0 Å². The first-order valence-corrected chi connectivity index (χ1v) is 11.1. The maximum Gasteiger partial charge on any atom is 0.365 e. The normalized spacial score (nSPS) is 13.6. The molecule has 1 fully saturated rings. The molecule has 3 aromatic rings. The van der Waals surface area contributed by atoms with Crippen molar-refractivity contribution in [3.8, 4) is 0 Å². The van der Waals surface area contributed by atoms with Crippen molar-refractivity contribution in [1.82, 2.24) is 0 Å². The minimum atomic E-state index is -0.560. The van der Waals surface area contributed by atoms with E-state index in [1.807, 2.05) is 61.5 Å². The number of hydrogen-bond donors (Lipinski definition) is 0. The van der Waals surface area contributed by atoms with E-state index in [4.69, 9.17) is 4.84 Å². The zero-order chi connectivity index (χ0) is 21.6. The van der Waals surface area contributed by atoms with Crippen LogP contribution >= 0.6 is 11.8 Å². The van der Waals surface area contributed by atoms with E-state index in [0.29, 0.717) is 29.2 Å². The summed E-state index contributed by atoms with van der Waals surface area (Å²) in [6.07, 6.45) is 2.68. The molecule has 0 radical (unpaired) electrons. The van der Waals surface area contributed by atoms with E-state index < -0.39 is 5.97 Å². The highest BCUT2D eigenvalue weighted by Gasteiger charge is 2.27. The summed E-state index contributed by atoms with van der Waals surface area (Å²) in [6.45, 7) is 1.95. The van der Waals surface area contributed by atoms with Crippen molar-refractivity contribution in [2.24, 2.45) is 11.1 Å². The molecular formula is C26H23NO3S. The van der Waals surface area contributed by atoms with Gasteiger partial charge < -0.3 is 4.84 Å². The molecule has 1 saturated carbocycles. The molecule has 0 N–H and O–H groups in total. The Bertz CT molecular complexity index is 1090. The number of rotatable bonds is 8. The third-order valence-corrected chi connectivity index (χ3v) is 6.08. The van der Waals surface area contributed by atoms with Gasteiger partial charge in [0, 0.05) is 15.4 Å². The van der Waals surface area contributed by atoms with Crippen LogP contribution in [0.25, 0.3) is 0 Å². The Morgan fingerprint density at radius 1 is 0.871 bits per heavy atom. The van der Waals surface area contributed by atoms with Crippen LogP contribution in [0.15, 0.2) is 93.8 Å². The predicted molar refractivity (Wildman–Crippen MR) is 123 cm³/mol. The quantitative estimate of drug-likeness (QED) is 0.181. The molecule has 1 aliphatic carbocycles. The molecule has 5 heteroatoms. The molecular weight excluding hydrogens is 406 g/mol. The number of ketones is 1. The van der Waals surface area contributed by atoms with E-state index in [-0.39, 0.29) is 5.78 Å². The second kappa shape index (κ2) is 9.75. The third kappa shape index (κ3) is 5.92.